The van der Waals surface area contributed by atoms with Gasteiger partial charge in [0.1, 0.15) is 11.6 Å². The standard InChI is InChI=1S/C15H14N4O3/c1-9-12(7-16)14(21)19(2)15(22)13(9)18-17-11-5-3-10(8-20)4-6-11/h3-6,20,22H,8H2,1-2H3/b18-17+. The summed E-state index contributed by atoms with van der Waals surface area (Å²) < 4.78 is 0.953. The van der Waals surface area contributed by atoms with Crippen LogP contribution in [0.1, 0.15) is 16.7 Å². The lowest BCUT2D eigenvalue weighted by Crippen LogP contribution is -2.20. The van der Waals surface area contributed by atoms with Crippen LogP contribution in [-0.2, 0) is 13.7 Å². The Morgan fingerprint density at radius 1 is 1.27 bits per heavy atom. The normalized spacial score (nSPS) is 10.8. The first-order valence-electron chi connectivity index (χ1n) is 6.43. The van der Waals surface area contributed by atoms with Crippen molar-refractivity contribution in [1.82, 2.24) is 4.57 Å². The van der Waals surface area contributed by atoms with E-state index in [9.17, 15) is 9.90 Å². The molecule has 0 radical (unpaired) electrons. The van der Waals surface area contributed by atoms with Gasteiger partial charge >= 0.3 is 0 Å². The van der Waals surface area contributed by atoms with Gasteiger partial charge in [-0.05, 0) is 24.6 Å². The van der Waals surface area contributed by atoms with Gasteiger partial charge < -0.3 is 10.2 Å². The molecule has 0 amide bonds. The molecule has 0 unspecified atom stereocenters. The molecule has 2 aromatic rings. The highest BCUT2D eigenvalue weighted by Crippen LogP contribution is 2.31. The minimum absolute atomic E-state index is 0.0658. The van der Waals surface area contributed by atoms with E-state index in [1.54, 1.807) is 24.3 Å². The lowest BCUT2D eigenvalue weighted by atomic mass is 10.1. The molecule has 2 rings (SSSR count). The number of aromatic nitrogens is 1. The van der Waals surface area contributed by atoms with Crippen molar-refractivity contribution in [3.8, 4) is 11.9 Å². The van der Waals surface area contributed by atoms with E-state index in [0.29, 0.717) is 5.69 Å². The zero-order chi connectivity index (χ0) is 16.3. The third kappa shape index (κ3) is 2.73. The van der Waals surface area contributed by atoms with Gasteiger partial charge in [0, 0.05) is 12.6 Å². The first kappa shape index (κ1) is 15.4. The van der Waals surface area contributed by atoms with Crippen LogP contribution in [0, 0.1) is 18.3 Å². The molecule has 0 aliphatic carbocycles. The summed E-state index contributed by atoms with van der Waals surface area (Å²) in [5.74, 6) is -0.350. The molecule has 1 aromatic carbocycles. The fraction of sp³-hybridized carbons (Fsp3) is 0.200. The maximum atomic E-state index is 11.8. The van der Waals surface area contributed by atoms with Crippen LogP contribution in [0.25, 0.3) is 0 Å². The predicted molar refractivity (Wildman–Crippen MR) is 79.3 cm³/mol. The van der Waals surface area contributed by atoms with Crippen LogP contribution in [0.15, 0.2) is 39.3 Å². The highest BCUT2D eigenvalue weighted by Gasteiger charge is 2.16. The largest absolute Gasteiger partial charge is 0.493 e. The molecule has 0 fully saturated rings. The quantitative estimate of drug-likeness (QED) is 0.846. The zero-order valence-corrected chi connectivity index (χ0v) is 12.1. The molecule has 7 nitrogen and oxygen atoms in total. The van der Waals surface area contributed by atoms with Gasteiger partial charge in [-0.3, -0.25) is 9.36 Å². The number of rotatable bonds is 3. The molecular weight excluding hydrogens is 284 g/mol. The number of hydrogen-bond donors (Lipinski definition) is 2. The van der Waals surface area contributed by atoms with E-state index in [1.165, 1.54) is 14.0 Å². The third-order valence-electron chi connectivity index (χ3n) is 3.27. The summed E-state index contributed by atoms with van der Waals surface area (Å²) >= 11 is 0. The van der Waals surface area contributed by atoms with Crippen molar-refractivity contribution < 1.29 is 10.2 Å². The summed E-state index contributed by atoms with van der Waals surface area (Å²) in [5.41, 5.74) is 0.951. The van der Waals surface area contributed by atoms with Gasteiger partial charge in [-0.2, -0.15) is 10.4 Å². The van der Waals surface area contributed by atoms with Crippen molar-refractivity contribution in [1.29, 1.82) is 5.26 Å². The summed E-state index contributed by atoms with van der Waals surface area (Å²) in [6, 6.07) is 8.53. The Hall–Kier alpha value is -2.98. The van der Waals surface area contributed by atoms with Crippen molar-refractivity contribution in [3.05, 3.63) is 51.3 Å². The number of aromatic hydroxyl groups is 1. The van der Waals surface area contributed by atoms with Crippen LogP contribution in [0.4, 0.5) is 11.4 Å². The number of pyridine rings is 1. The fourth-order valence-electron chi connectivity index (χ4n) is 1.90. The zero-order valence-electron chi connectivity index (χ0n) is 12.1. The molecule has 0 saturated heterocycles. The van der Waals surface area contributed by atoms with E-state index >= 15 is 0 Å². The number of aliphatic hydroxyl groups is 1. The Kier molecular flexibility index (Phi) is 4.34. The lowest BCUT2D eigenvalue weighted by molar-refractivity contribution is 0.282. The number of nitriles is 1. The van der Waals surface area contributed by atoms with Crippen molar-refractivity contribution in [2.45, 2.75) is 13.5 Å². The minimum atomic E-state index is -0.580. The Balaban J connectivity index is 2.49. The van der Waals surface area contributed by atoms with E-state index in [0.717, 1.165) is 10.1 Å². The van der Waals surface area contributed by atoms with Crippen LogP contribution in [-0.4, -0.2) is 14.8 Å². The average Bonchev–Trinajstić information content (AvgIpc) is 2.54. The van der Waals surface area contributed by atoms with Crippen molar-refractivity contribution in [2.24, 2.45) is 17.3 Å². The van der Waals surface area contributed by atoms with Gasteiger partial charge in [-0.1, -0.05) is 12.1 Å². The molecule has 1 heterocycles. The molecule has 112 valence electrons. The second-order valence-electron chi connectivity index (χ2n) is 4.67. The summed E-state index contributed by atoms with van der Waals surface area (Å²) in [4.78, 5) is 11.8. The van der Waals surface area contributed by atoms with Crippen LogP contribution < -0.4 is 5.56 Å². The van der Waals surface area contributed by atoms with Gasteiger partial charge in [-0.25, -0.2) is 0 Å². The van der Waals surface area contributed by atoms with Crippen molar-refractivity contribution in [2.75, 3.05) is 0 Å². The highest BCUT2D eigenvalue weighted by atomic mass is 16.3. The second-order valence-corrected chi connectivity index (χ2v) is 4.67. The molecule has 1 aromatic heterocycles. The molecule has 7 heteroatoms. The van der Waals surface area contributed by atoms with Gasteiger partial charge in [0.05, 0.1) is 12.3 Å². The first-order chi connectivity index (χ1) is 10.5. The van der Waals surface area contributed by atoms with Gasteiger partial charge in [0.2, 0.25) is 5.88 Å². The first-order valence-corrected chi connectivity index (χ1v) is 6.43. The summed E-state index contributed by atoms with van der Waals surface area (Å²) in [6.45, 7) is 1.46. The van der Waals surface area contributed by atoms with Crippen LogP contribution in [0.3, 0.4) is 0 Å². The molecule has 0 atom stereocenters. The van der Waals surface area contributed by atoms with Crippen molar-refractivity contribution >= 4 is 11.4 Å². The van der Waals surface area contributed by atoms with Crippen LogP contribution in [0.2, 0.25) is 0 Å². The molecule has 0 aliphatic rings. The second kappa shape index (κ2) is 6.20. The van der Waals surface area contributed by atoms with Crippen LogP contribution in [0.5, 0.6) is 5.88 Å². The van der Waals surface area contributed by atoms with Gasteiger partial charge in [0.15, 0.2) is 5.69 Å². The average molecular weight is 298 g/mol. The summed E-state index contributed by atoms with van der Waals surface area (Å²) in [6.07, 6.45) is 0. The van der Waals surface area contributed by atoms with E-state index in [-0.39, 0.29) is 29.3 Å². The number of hydrogen-bond acceptors (Lipinski definition) is 6. The maximum absolute atomic E-state index is 11.8. The summed E-state index contributed by atoms with van der Waals surface area (Å²) in [5, 5.41) is 35.9. The summed E-state index contributed by atoms with van der Waals surface area (Å²) in [7, 11) is 1.35. The molecule has 0 aliphatic heterocycles. The molecule has 0 bridgehead atoms. The van der Waals surface area contributed by atoms with E-state index in [1.807, 2.05) is 6.07 Å². The monoisotopic (exact) mass is 298 g/mol. The Bertz CT molecular complexity index is 830. The molecular formula is C15H14N4O3. The van der Waals surface area contributed by atoms with E-state index < -0.39 is 5.56 Å². The molecule has 22 heavy (non-hydrogen) atoms. The Morgan fingerprint density at radius 3 is 2.45 bits per heavy atom. The molecule has 2 N–H and O–H groups in total. The van der Waals surface area contributed by atoms with Gasteiger partial charge in [0.25, 0.3) is 5.56 Å². The number of aliphatic hydroxyl groups excluding tert-OH is 1. The fourth-order valence-corrected chi connectivity index (χ4v) is 1.90. The maximum Gasteiger partial charge on any atom is 0.271 e. The third-order valence-corrected chi connectivity index (χ3v) is 3.27. The number of nitrogens with zero attached hydrogens (tertiary/aromatic N) is 4. The molecule has 0 saturated carbocycles. The highest BCUT2D eigenvalue weighted by molar-refractivity contribution is 5.59. The SMILES string of the molecule is Cc1c(/N=N/c2ccc(CO)cc2)c(O)n(C)c(=O)c1C#N. The van der Waals surface area contributed by atoms with Gasteiger partial charge in [-0.15, -0.1) is 5.11 Å². The van der Waals surface area contributed by atoms with E-state index in [4.69, 9.17) is 10.4 Å². The predicted octanol–water partition coefficient (Wildman–Crippen LogP) is 2.18. The number of benzene rings is 1. The lowest BCUT2D eigenvalue weighted by Gasteiger charge is -2.08. The van der Waals surface area contributed by atoms with Crippen molar-refractivity contribution in [3.63, 3.8) is 0 Å². The number of azo groups is 1. The smallest absolute Gasteiger partial charge is 0.271 e. The molecule has 0 spiro atoms. The van der Waals surface area contributed by atoms with Crippen LogP contribution >= 0.6 is 0 Å². The topological polar surface area (TPSA) is 111 Å². The Morgan fingerprint density at radius 2 is 1.91 bits per heavy atom. The minimum Gasteiger partial charge on any atom is -0.493 e. The van der Waals surface area contributed by atoms with E-state index in [2.05, 4.69) is 10.2 Å². The Labute approximate surface area is 126 Å².